The average molecular weight is 729 g/mol. The van der Waals surface area contributed by atoms with Crippen LogP contribution in [-0.2, 0) is 20.9 Å². The Hall–Kier alpha value is -3.66. The van der Waals surface area contributed by atoms with Gasteiger partial charge in [-0.2, -0.15) is 0 Å². The highest BCUT2D eigenvalue weighted by Crippen LogP contribution is 2.69. The van der Waals surface area contributed by atoms with Crippen molar-refractivity contribution in [1.29, 1.82) is 0 Å². The number of para-hydroxylation sites is 1. The number of aliphatic hydroxyl groups is 1. The van der Waals surface area contributed by atoms with E-state index in [2.05, 4.69) is 29.1 Å². The first-order valence-electron chi connectivity index (χ1n) is 16.4. The Morgan fingerprint density at radius 1 is 0.979 bits per heavy atom. The van der Waals surface area contributed by atoms with Gasteiger partial charge < -0.3 is 19.8 Å². The first-order chi connectivity index (χ1) is 23.2. The zero-order valence-electron chi connectivity index (χ0n) is 27.4. The quantitative estimate of drug-likeness (QED) is 0.177. The lowest BCUT2D eigenvalue weighted by Crippen LogP contribution is -2.57. The predicted molar refractivity (Wildman–Crippen MR) is 196 cm³/mol. The van der Waals surface area contributed by atoms with Gasteiger partial charge in [-0.25, -0.2) is 0 Å². The molecule has 0 saturated carbocycles. The van der Waals surface area contributed by atoms with Gasteiger partial charge in [-0.15, -0.1) is 24.9 Å². The lowest BCUT2D eigenvalue weighted by molar-refractivity contribution is -0.145. The Labute approximate surface area is 295 Å². The zero-order valence-corrected chi connectivity index (χ0v) is 29.8. The Bertz CT molecular complexity index is 1680. The largest absolute Gasteiger partial charge is 0.394 e. The third kappa shape index (κ3) is 5.73. The highest BCUT2D eigenvalue weighted by Gasteiger charge is 2.76. The summed E-state index contributed by atoms with van der Waals surface area (Å²) in [6.45, 7) is 12.4. The van der Waals surface area contributed by atoms with Crippen molar-refractivity contribution in [1.82, 2.24) is 9.80 Å². The molecular formula is C39H42BrN3O4S. The number of fused-ring (bicyclic) bond motifs is 1. The fourth-order valence-electron chi connectivity index (χ4n) is 8.20. The molecule has 3 aliphatic heterocycles. The van der Waals surface area contributed by atoms with Crippen molar-refractivity contribution in [3.05, 3.63) is 126 Å². The van der Waals surface area contributed by atoms with Crippen molar-refractivity contribution in [2.24, 2.45) is 11.8 Å². The fraction of sp³-hybridized carbons (Fsp3) is 0.359. The van der Waals surface area contributed by atoms with Crippen molar-refractivity contribution >= 4 is 51.1 Å². The van der Waals surface area contributed by atoms with Crippen molar-refractivity contribution in [2.45, 2.75) is 53.7 Å². The molecule has 2 bridgehead atoms. The lowest BCUT2D eigenvalue weighted by atomic mass is 9.70. The lowest BCUT2D eigenvalue weighted by Gasteiger charge is -2.40. The van der Waals surface area contributed by atoms with Crippen LogP contribution in [0.25, 0.3) is 0 Å². The second kappa shape index (κ2) is 14.1. The van der Waals surface area contributed by atoms with Gasteiger partial charge in [0, 0.05) is 35.4 Å². The van der Waals surface area contributed by atoms with E-state index in [9.17, 15) is 9.90 Å². The summed E-state index contributed by atoms with van der Waals surface area (Å²) in [5.74, 6) is -2.01. The Morgan fingerprint density at radius 2 is 1.60 bits per heavy atom. The summed E-state index contributed by atoms with van der Waals surface area (Å²) in [6, 6.07) is 23.4. The van der Waals surface area contributed by atoms with Crippen LogP contribution in [0.1, 0.15) is 34.7 Å². The van der Waals surface area contributed by atoms with E-state index < -0.39 is 28.7 Å². The van der Waals surface area contributed by atoms with Crippen LogP contribution in [0.2, 0.25) is 0 Å². The van der Waals surface area contributed by atoms with Gasteiger partial charge in [-0.3, -0.25) is 14.4 Å². The van der Waals surface area contributed by atoms with Crippen LogP contribution in [0, 0.1) is 25.7 Å². The van der Waals surface area contributed by atoms with Crippen LogP contribution in [0.3, 0.4) is 0 Å². The van der Waals surface area contributed by atoms with Crippen molar-refractivity contribution in [2.75, 3.05) is 24.6 Å². The first-order valence-corrected chi connectivity index (χ1v) is 18.2. The zero-order chi connectivity index (χ0) is 34.2. The molecule has 6 rings (SSSR count). The Balaban J connectivity index is 1.49. The summed E-state index contributed by atoms with van der Waals surface area (Å²) in [5.41, 5.74) is 4.38. The number of benzene rings is 3. The van der Waals surface area contributed by atoms with Crippen molar-refractivity contribution in [3.63, 3.8) is 0 Å². The Kier molecular flexibility index (Phi) is 10.0. The number of thioether (sulfide) groups is 1. The molecule has 7 atom stereocenters. The second-order valence-electron chi connectivity index (χ2n) is 13.0. The van der Waals surface area contributed by atoms with Gasteiger partial charge in [0.25, 0.3) is 5.91 Å². The molecular weight excluding hydrogens is 686 g/mol. The van der Waals surface area contributed by atoms with Crippen molar-refractivity contribution < 1.29 is 19.5 Å². The topological polar surface area (TPSA) is 81.2 Å². The molecule has 0 aromatic heterocycles. The van der Waals surface area contributed by atoms with E-state index in [4.69, 9.17) is 0 Å². The van der Waals surface area contributed by atoms with E-state index >= 15 is 9.59 Å². The standard InChI is InChI=1S/C39H42BrN3O4S/c1-5-20-41(23-27-16-9-7-10-17-27)36(45)31-32-37(46)43(30(24-44)28-18-11-8-12-19-28)35(39(32)22-29(40)34(31)48-39)38(47)42(21-6-2)33-25(3)14-13-15-26(33)4/h5-19,29-32,34-35,44H,1-2,20-24H2,3-4H3/t29?,30-,31+,32+,34+,35?,39?/m1/s1. The summed E-state index contributed by atoms with van der Waals surface area (Å²) in [5, 5.41) is 10.7. The second-order valence-corrected chi connectivity index (χ2v) is 15.7. The molecule has 3 aromatic carbocycles. The number of amides is 3. The van der Waals surface area contributed by atoms with Gasteiger partial charge in [-0.1, -0.05) is 107 Å². The molecule has 0 radical (unpaired) electrons. The number of carbonyl (C=O) groups excluding carboxylic acids is 3. The van der Waals surface area contributed by atoms with Gasteiger partial charge in [0.05, 0.1) is 29.2 Å². The molecule has 3 amide bonds. The van der Waals surface area contributed by atoms with Crippen LogP contribution < -0.4 is 4.90 Å². The minimum absolute atomic E-state index is 0.0876. The monoisotopic (exact) mass is 727 g/mol. The minimum Gasteiger partial charge on any atom is -0.394 e. The normalized spacial score (nSPS) is 26.2. The van der Waals surface area contributed by atoms with Gasteiger partial charge in [0.15, 0.2) is 0 Å². The summed E-state index contributed by atoms with van der Waals surface area (Å²) in [7, 11) is 0. The predicted octanol–water partition coefficient (Wildman–Crippen LogP) is 6.24. The maximum atomic E-state index is 15.3. The van der Waals surface area contributed by atoms with Crippen LogP contribution >= 0.6 is 27.7 Å². The highest BCUT2D eigenvalue weighted by atomic mass is 79.9. The van der Waals surface area contributed by atoms with E-state index in [1.807, 2.05) is 92.7 Å². The van der Waals surface area contributed by atoms with E-state index in [-0.39, 0.29) is 41.0 Å². The third-order valence-corrected chi connectivity index (χ3v) is 13.3. The molecule has 7 nitrogen and oxygen atoms in total. The molecule has 3 saturated heterocycles. The molecule has 3 unspecified atom stereocenters. The van der Waals surface area contributed by atoms with Crippen LogP contribution in [-0.4, -0.2) is 73.2 Å². The number of alkyl halides is 1. The van der Waals surface area contributed by atoms with Crippen molar-refractivity contribution in [3.8, 4) is 0 Å². The summed E-state index contributed by atoms with van der Waals surface area (Å²) in [6.07, 6.45) is 3.96. The van der Waals surface area contributed by atoms with E-state index in [1.54, 1.807) is 38.6 Å². The van der Waals surface area contributed by atoms with Gasteiger partial charge in [0.1, 0.15) is 6.04 Å². The molecule has 1 spiro atoms. The third-order valence-electron chi connectivity index (χ3n) is 10.1. The molecule has 9 heteroatoms. The molecule has 3 aromatic rings. The maximum absolute atomic E-state index is 15.3. The van der Waals surface area contributed by atoms with Crippen LogP contribution in [0.4, 0.5) is 5.69 Å². The average Bonchev–Trinajstić information content (AvgIpc) is 3.68. The molecule has 0 aliphatic carbocycles. The molecule has 3 aliphatic rings. The number of halogens is 1. The number of aliphatic hydroxyl groups excluding tert-OH is 1. The number of nitrogens with zero attached hydrogens (tertiary/aromatic N) is 3. The number of anilines is 1. The highest BCUT2D eigenvalue weighted by molar-refractivity contribution is 9.09. The fourth-order valence-corrected chi connectivity index (χ4v) is 11.8. The molecule has 1 N–H and O–H groups in total. The number of aryl methyl sites for hydroxylation is 2. The van der Waals surface area contributed by atoms with Gasteiger partial charge in [0.2, 0.25) is 11.8 Å². The first kappa shape index (κ1) is 34.2. The smallest absolute Gasteiger partial charge is 0.251 e. The Morgan fingerprint density at radius 3 is 2.21 bits per heavy atom. The molecule has 250 valence electrons. The van der Waals surface area contributed by atoms with Gasteiger partial charge >= 0.3 is 0 Å². The number of rotatable bonds is 12. The van der Waals surface area contributed by atoms with E-state index in [0.29, 0.717) is 19.5 Å². The van der Waals surface area contributed by atoms with Crippen LogP contribution in [0.5, 0.6) is 0 Å². The van der Waals surface area contributed by atoms with E-state index in [1.165, 1.54) is 0 Å². The SMILES string of the molecule is C=CCN(Cc1ccccc1)C(=O)[C@H]1[C@H]2C(=O)N([C@H](CO)c3ccccc3)C(C(=O)N(CC=C)c3c(C)cccc3C)C23CC(Br)[C@@H]1S3. The molecule has 48 heavy (non-hydrogen) atoms. The maximum Gasteiger partial charge on any atom is 0.251 e. The van der Waals surface area contributed by atoms with Crippen LogP contribution in [0.15, 0.2) is 104 Å². The number of carbonyl (C=O) groups is 3. The number of hydrogen-bond donors (Lipinski definition) is 1. The molecule has 3 fully saturated rings. The number of hydrogen-bond acceptors (Lipinski definition) is 5. The summed E-state index contributed by atoms with van der Waals surface area (Å²) >= 11 is 5.51. The summed E-state index contributed by atoms with van der Waals surface area (Å²) < 4.78 is -0.891. The summed E-state index contributed by atoms with van der Waals surface area (Å²) in [4.78, 5) is 50.1. The van der Waals surface area contributed by atoms with E-state index in [0.717, 1.165) is 27.9 Å². The van der Waals surface area contributed by atoms with Gasteiger partial charge in [-0.05, 0) is 42.5 Å². The molecule has 3 heterocycles. The number of likely N-dealkylation sites (tertiary alicyclic amines) is 1. The minimum atomic E-state index is -0.930.